The summed E-state index contributed by atoms with van der Waals surface area (Å²) in [5.74, 6) is -1.16. The first-order chi connectivity index (χ1) is 9.08. The van der Waals surface area contributed by atoms with Crippen molar-refractivity contribution in [1.82, 2.24) is 15.3 Å². The zero-order chi connectivity index (χ0) is 13.8. The van der Waals surface area contributed by atoms with Gasteiger partial charge in [0.05, 0.1) is 11.4 Å². The van der Waals surface area contributed by atoms with Crippen molar-refractivity contribution in [2.45, 2.75) is 20.0 Å². The molecular weight excluding hydrogens is 246 g/mol. The Hall–Kier alpha value is -2.34. The van der Waals surface area contributed by atoms with E-state index < -0.39 is 5.75 Å². The number of phenolic OH excluding ortho intramolecular Hbond substituents is 3. The number of hydrogen-bond donors (Lipinski definition) is 4. The van der Waals surface area contributed by atoms with E-state index in [1.54, 1.807) is 12.4 Å². The second-order valence-corrected chi connectivity index (χ2v) is 4.19. The molecular formula is C13H15N3O3. The van der Waals surface area contributed by atoms with Crippen molar-refractivity contribution >= 4 is 0 Å². The predicted molar refractivity (Wildman–Crippen MR) is 68.7 cm³/mol. The van der Waals surface area contributed by atoms with Gasteiger partial charge in [0.25, 0.3) is 0 Å². The van der Waals surface area contributed by atoms with Crippen LogP contribution >= 0.6 is 0 Å². The van der Waals surface area contributed by atoms with E-state index in [1.807, 2.05) is 6.92 Å². The Morgan fingerprint density at radius 1 is 1.00 bits per heavy atom. The third-order valence-electron chi connectivity index (χ3n) is 2.67. The Balaban J connectivity index is 1.96. The maximum atomic E-state index is 9.63. The third-order valence-corrected chi connectivity index (χ3v) is 2.67. The smallest absolute Gasteiger partial charge is 0.200 e. The van der Waals surface area contributed by atoms with Crippen molar-refractivity contribution in [3.8, 4) is 17.2 Å². The summed E-state index contributed by atoms with van der Waals surface area (Å²) in [6.45, 7) is 2.70. The van der Waals surface area contributed by atoms with Crippen LogP contribution in [0.3, 0.4) is 0 Å². The summed E-state index contributed by atoms with van der Waals surface area (Å²) < 4.78 is 0. The second-order valence-electron chi connectivity index (χ2n) is 4.19. The van der Waals surface area contributed by atoms with Crippen molar-refractivity contribution in [3.05, 3.63) is 41.5 Å². The molecule has 0 fully saturated rings. The normalized spacial score (nSPS) is 10.6. The number of hydrogen-bond acceptors (Lipinski definition) is 6. The van der Waals surface area contributed by atoms with Crippen LogP contribution in [-0.4, -0.2) is 25.3 Å². The fourth-order valence-electron chi connectivity index (χ4n) is 1.59. The van der Waals surface area contributed by atoms with E-state index in [0.29, 0.717) is 18.7 Å². The number of aromatic hydroxyl groups is 3. The second kappa shape index (κ2) is 5.53. The van der Waals surface area contributed by atoms with Gasteiger partial charge in [0.2, 0.25) is 5.75 Å². The minimum absolute atomic E-state index is 0.317. The maximum absolute atomic E-state index is 9.63. The van der Waals surface area contributed by atoms with Crippen molar-refractivity contribution in [2.24, 2.45) is 0 Å². The lowest BCUT2D eigenvalue weighted by Crippen LogP contribution is -2.14. The Kier molecular flexibility index (Phi) is 3.82. The molecule has 0 spiro atoms. The molecule has 0 radical (unpaired) electrons. The molecule has 0 aliphatic rings. The van der Waals surface area contributed by atoms with Crippen LogP contribution in [0.25, 0.3) is 0 Å². The third kappa shape index (κ3) is 3.11. The predicted octanol–water partition coefficient (Wildman–Crippen LogP) is 1.19. The molecule has 2 aromatic rings. The van der Waals surface area contributed by atoms with Crippen molar-refractivity contribution < 1.29 is 15.3 Å². The largest absolute Gasteiger partial charge is 0.504 e. The standard InChI is InChI=1S/C13H15N3O3/c1-8-4-16-10(7-15-8)6-14-5-9-2-3-11(17)13(19)12(9)18/h2-4,7,14,17-19H,5-6H2,1H3. The Morgan fingerprint density at radius 3 is 2.47 bits per heavy atom. The van der Waals surface area contributed by atoms with Crippen LogP contribution < -0.4 is 5.32 Å². The van der Waals surface area contributed by atoms with E-state index >= 15 is 0 Å². The van der Waals surface area contributed by atoms with Gasteiger partial charge >= 0.3 is 0 Å². The van der Waals surface area contributed by atoms with E-state index in [2.05, 4.69) is 15.3 Å². The van der Waals surface area contributed by atoms with Crippen LogP contribution in [0.2, 0.25) is 0 Å². The molecule has 0 aliphatic carbocycles. The van der Waals surface area contributed by atoms with Crippen molar-refractivity contribution in [1.29, 1.82) is 0 Å². The van der Waals surface area contributed by atoms with Gasteiger partial charge < -0.3 is 20.6 Å². The topological polar surface area (TPSA) is 98.5 Å². The maximum Gasteiger partial charge on any atom is 0.200 e. The highest BCUT2D eigenvalue weighted by Gasteiger charge is 2.10. The SMILES string of the molecule is Cc1cnc(CNCc2ccc(O)c(O)c2O)cn1. The molecule has 0 saturated heterocycles. The summed E-state index contributed by atoms with van der Waals surface area (Å²) >= 11 is 0. The zero-order valence-corrected chi connectivity index (χ0v) is 10.5. The molecule has 6 nitrogen and oxygen atoms in total. The van der Waals surface area contributed by atoms with Crippen LogP contribution in [0.1, 0.15) is 17.0 Å². The lowest BCUT2D eigenvalue weighted by molar-refractivity contribution is 0.364. The molecule has 0 unspecified atom stereocenters. The summed E-state index contributed by atoms with van der Waals surface area (Å²) in [4.78, 5) is 8.31. The average Bonchev–Trinajstić information content (AvgIpc) is 2.41. The molecule has 1 heterocycles. The molecule has 1 aromatic heterocycles. The number of aromatic nitrogens is 2. The molecule has 0 atom stereocenters. The molecule has 4 N–H and O–H groups in total. The van der Waals surface area contributed by atoms with Gasteiger partial charge in [0.1, 0.15) is 0 Å². The monoisotopic (exact) mass is 261 g/mol. The molecule has 0 amide bonds. The van der Waals surface area contributed by atoms with Gasteiger partial charge in [0, 0.05) is 31.0 Å². The van der Waals surface area contributed by atoms with Crippen LogP contribution in [0.15, 0.2) is 24.5 Å². The summed E-state index contributed by atoms with van der Waals surface area (Å²) in [6, 6.07) is 2.87. The highest BCUT2D eigenvalue weighted by Crippen LogP contribution is 2.36. The average molecular weight is 261 g/mol. The van der Waals surface area contributed by atoms with E-state index in [4.69, 9.17) is 0 Å². The zero-order valence-electron chi connectivity index (χ0n) is 10.5. The van der Waals surface area contributed by atoms with E-state index in [0.717, 1.165) is 11.4 Å². The van der Waals surface area contributed by atoms with Gasteiger partial charge in [-0.1, -0.05) is 6.07 Å². The number of phenols is 3. The minimum Gasteiger partial charge on any atom is -0.504 e. The molecule has 100 valence electrons. The molecule has 19 heavy (non-hydrogen) atoms. The van der Waals surface area contributed by atoms with E-state index in [9.17, 15) is 15.3 Å². The van der Waals surface area contributed by atoms with E-state index in [-0.39, 0.29) is 11.5 Å². The van der Waals surface area contributed by atoms with Crippen LogP contribution in [0.5, 0.6) is 17.2 Å². The highest BCUT2D eigenvalue weighted by atomic mass is 16.3. The first-order valence-electron chi connectivity index (χ1n) is 5.79. The molecule has 0 bridgehead atoms. The molecule has 1 aromatic carbocycles. The van der Waals surface area contributed by atoms with Gasteiger partial charge in [-0.15, -0.1) is 0 Å². The van der Waals surface area contributed by atoms with Crippen LogP contribution in [0, 0.1) is 6.92 Å². The molecule has 0 saturated carbocycles. The number of nitrogens with one attached hydrogen (secondary N) is 1. The lowest BCUT2D eigenvalue weighted by Gasteiger charge is -2.08. The van der Waals surface area contributed by atoms with Crippen molar-refractivity contribution in [2.75, 3.05) is 0 Å². The van der Waals surface area contributed by atoms with Crippen LogP contribution in [-0.2, 0) is 13.1 Å². The number of benzene rings is 1. The number of rotatable bonds is 4. The quantitative estimate of drug-likeness (QED) is 0.617. The van der Waals surface area contributed by atoms with Gasteiger partial charge in [-0.25, -0.2) is 0 Å². The Bertz CT molecular complexity index is 570. The minimum atomic E-state index is -0.505. The van der Waals surface area contributed by atoms with Crippen molar-refractivity contribution in [3.63, 3.8) is 0 Å². The molecule has 0 aliphatic heterocycles. The molecule has 2 rings (SSSR count). The van der Waals surface area contributed by atoms with E-state index in [1.165, 1.54) is 12.1 Å². The summed E-state index contributed by atoms with van der Waals surface area (Å²) in [5.41, 5.74) is 2.13. The highest BCUT2D eigenvalue weighted by molar-refractivity contribution is 5.52. The Morgan fingerprint density at radius 2 is 1.79 bits per heavy atom. The Labute approximate surface area is 110 Å². The van der Waals surface area contributed by atoms with Gasteiger partial charge in [-0.05, 0) is 13.0 Å². The summed E-state index contributed by atoms with van der Waals surface area (Å²) in [5, 5.41) is 31.3. The summed E-state index contributed by atoms with van der Waals surface area (Å²) in [7, 11) is 0. The first kappa shape index (κ1) is 13.1. The van der Waals surface area contributed by atoms with Gasteiger partial charge in [-0.2, -0.15) is 0 Å². The first-order valence-corrected chi connectivity index (χ1v) is 5.79. The van der Waals surface area contributed by atoms with Crippen LogP contribution in [0.4, 0.5) is 0 Å². The number of aryl methyl sites for hydroxylation is 1. The van der Waals surface area contributed by atoms with Gasteiger partial charge in [0.15, 0.2) is 11.5 Å². The lowest BCUT2D eigenvalue weighted by atomic mass is 10.1. The fourth-order valence-corrected chi connectivity index (χ4v) is 1.59. The molecule has 6 heteroatoms. The fraction of sp³-hybridized carbons (Fsp3) is 0.231. The van der Waals surface area contributed by atoms with Gasteiger partial charge in [-0.3, -0.25) is 9.97 Å². The number of nitrogens with zero attached hydrogens (tertiary/aromatic N) is 2. The summed E-state index contributed by atoms with van der Waals surface area (Å²) in [6.07, 6.45) is 3.36.